The molecule has 1 heterocycles. The fourth-order valence-electron chi connectivity index (χ4n) is 3.44. The minimum absolute atomic E-state index is 0.646. The zero-order valence-electron chi connectivity index (χ0n) is 16.0. The molecule has 0 spiro atoms. The summed E-state index contributed by atoms with van der Waals surface area (Å²) in [6, 6.07) is 14.6. The lowest BCUT2D eigenvalue weighted by molar-refractivity contribution is -0.914. The van der Waals surface area contributed by atoms with Gasteiger partial charge in [0.2, 0.25) is 0 Å². The average molecular weight is 357 g/mol. The molecule has 140 valence electrons. The van der Waals surface area contributed by atoms with Crippen LogP contribution in [0.25, 0.3) is 0 Å². The van der Waals surface area contributed by atoms with E-state index in [0.29, 0.717) is 6.61 Å². The van der Waals surface area contributed by atoms with Crippen molar-refractivity contribution in [3.63, 3.8) is 0 Å². The standard InChI is InChI=1S/C21H28N2O3/c1-4-26-21-15-17(5-10-20(21)25-3)16-22-11-13-23(14-12-22)18-6-8-19(24-2)9-7-18/h5-10,15H,4,11-14,16H2,1-3H3/p+1. The summed E-state index contributed by atoms with van der Waals surface area (Å²) in [5, 5.41) is 0. The van der Waals surface area contributed by atoms with E-state index in [1.165, 1.54) is 11.3 Å². The van der Waals surface area contributed by atoms with Crippen molar-refractivity contribution in [1.29, 1.82) is 0 Å². The molecule has 0 atom stereocenters. The highest BCUT2D eigenvalue weighted by atomic mass is 16.5. The van der Waals surface area contributed by atoms with Crippen molar-refractivity contribution in [3.8, 4) is 17.2 Å². The first-order valence-electron chi connectivity index (χ1n) is 9.25. The highest BCUT2D eigenvalue weighted by Crippen LogP contribution is 2.27. The Morgan fingerprint density at radius 3 is 2.27 bits per heavy atom. The molecule has 3 rings (SSSR count). The second-order valence-electron chi connectivity index (χ2n) is 6.53. The van der Waals surface area contributed by atoms with Crippen LogP contribution in [0.3, 0.4) is 0 Å². The maximum absolute atomic E-state index is 5.70. The third-order valence-electron chi connectivity index (χ3n) is 4.89. The summed E-state index contributed by atoms with van der Waals surface area (Å²) in [5.74, 6) is 2.54. The zero-order chi connectivity index (χ0) is 18.4. The Labute approximate surface area is 156 Å². The minimum Gasteiger partial charge on any atom is -0.497 e. The molecule has 5 heteroatoms. The Hall–Kier alpha value is -2.40. The molecule has 5 nitrogen and oxygen atoms in total. The fourth-order valence-corrected chi connectivity index (χ4v) is 3.44. The molecule has 26 heavy (non-hydrogen) atoms. The Kier molecular flexibility index (Phi) is 6.23. The summed E-state index contributed by atoms with van der Waals surface area (Å²) >= 11 is 0. The van der Waals surface area contributed by atoms with Crippen LogP contribution in [0, 0.1) is 0 Å². The number of quaternary nitrogens is 1. The lowest BCUT2D eigenvalue weighted by atomic mass is 10.1. The highest BCUT2D eigenvalue weighted by Gasteiger charge is 2.21. The van der Waals surface area contributed by atoms with Gasteiger partial charge in [-0.1, -0.05) is 0 Å². The van der Waals surface area contributed by atoms with Gasteiger partial charge in [-0.25, -0.2) is 0 Å². The molecule has 1 fully saturated rings. The van der Waals surface area contributed by atoms with Gasteiger partial charge in [-0.2, -0.15) is 0 Å². The third kappa shape index (κ3) is 4.41. The number of piperazine rings is 1. The number of hydrogen-bond acceptors (Lipinski definition) is 4. The van der Waals surface area contributed by atoms with E-state index in [1.807, 2.05) is 25.1 Å². The molecule has 2 aromatic rings. The lowest BCUT2D eigenvalue weighted by Gasteiger charge is -2.33. The first kappa shape index (κ1) is 18.4. The Morgan fingerprint density at radius 2 is 1.65 bits per heavy atom. The molecule has 0 bridgehead atoms. The van der Waals surface area contributed by atoms with Gasteiger partial charge in [-0.15, -0.1) is 0 Å². The van der Waals surface area contributed by atoms with E-state index in [9.17, 15) is 0 Å². The number of anilines is 1. The summed E-state index contributed by atoms with van der Waals surface area (Å²) in [7, 11) is 3.38. The maximum atomic E-state index is 5.70. The van der Waals surface area contributed by atoms with Gasteiger partial charge in [0.1, 0.15) is 12.3 Å². The number of rotatable bonds is 7. The molecule has 2 aromatic carbocycles. The zero-order valence-corrected chi connectivity index (χ0v) is 16.0. The Morgan fingerprint density at radius 1 is 0.923 bits per heavy atom. The van der Waals surface area contributed by atoms with Gasteiger partial charge in [0.25, 0.3) is 0 Å². The van der Waals surface area contributed by atoms with Crippen LogP contribution in [0.2, 0.25) is 0 Å². The van der Waals surface area contributed by atoms with Crippen LogP contribution in [-0.2, 0) is 6.54 Å². The molecular formula is C21H29N2O3+. The van der Waals surface area contributed by atoms with Crippen molar-refractivity contribution >= 4 is 5.69 Å². The van der Waals surface area contributed by atoms with Crippen LogP contribution >= 0.6 is 0 Å². The molecule has 0 aromatic heterocycles. The minimum atomic E-state index is 0.646. The van der Waals surface area contributed by atoms with Crippen molar-refractivity contribution in [2.24, 2.45) is 0 Å². The summed E-state index contributed by atoms with van der Waals surface area (Å²) in [5.41, 5.74) is 2.56. The van der Waals surface area contributed by atoms with Crippen molar-refractivity contribution < 1.29 is 19.1 Å². The number of nitrogens with one attached hydrogen (secondary N) is 1. The van der Waals surface area contributed by atoms with Crippen LogP contribution in [0.15, 0.2) is 42.5 Å². The summed E-state index contributed by atoms with van der Waals surface area (Å²) in [4.78, 5) is 4.05. The first-order chi connectivity index (χ1) is 12.7. The molecule has 0 aliphatic carbocycles. The van der Waals surface area contributed by atoms with Gasteiger partial charge in [0.05, 0.1) is 47.0 Å². The number of benzene rings is 2. The van der Waals surface area contributed by atoms with Gasteiger partial charge in [-0.05, 0) is 49.4 Å². The molecular weight excluding hydrogens is 328 g/mol. The van der Waals surface area contributed by atoms with Crippen LogP contribution < -0.4 is 24.0 Å². The smallest absolute Gasteiger partial charge is 0.161 e. The van der Waals surface area contributed by atoms with Crippen LogP contribution in [0.5, 0.6) is 17.2 Å². The van der Waals surface area contributed by atoms with E-state index in [1.54, 1.807) is 19.1 Å². The topological polar surface area (TPSA) is 35.4 Å². The first-order valence-corrected chi connectivity index (χ1v) is 9.25. The molecule has 0 amide bonds. The van der Waals surface area contributed by atoms with E-state index in [2.05, 4.69) is 29.2 Å². The monoisotopic (exact) mass is 357 g/mol. The predicted molar refractivity (Wildman–Crippen MR) is 104 cm³/mol. The van der Waals surface area contributed by atoms with E-state index in [0.717, 1.165) is 50.0 Å². The second kappa shape index (κ2) is 8.81. The van der Waals surface area contributed by atoms with Gasteiger partial charge in [0, 0.05) is 11.3 Å². The SMILES string of the molecule is CCOc1cc(C[NH+]2CCN(c3ccc(OC)cc3)CC2)ccc1OC. The van der Waals surface area contributed by atoms with Crippen LogP contribution in [0.1, 0.15) is 12.5 Å². The normalized spacial score (nSPS) is 15.0. The van der Waals surface area contributed by atoms with Gasteiger partial charge >= 0.3 is 0 Å². The molecule has 1 N–H and O–H groups in total. The van der Waals surface area contributed by atoms with Crippen molar-refractivity contribution in [3.05, 3.63) is 48.0 Å². The lowest BCUT2D eigenvalue weighted by Crippen LogP contribution is -3.13. The largest absolute Gasteiger partial charge is 0.497 e. The third-order valence-corrected chi connectivity index (χ3v) is 4.89. The van der Waals surface area contributed by atoms with Crippen LogP contribution in [-0.4, -0.2) is 47.0 Å². The molecule has 1 saturated heterocycles. The second-order valence-corrected chi connectivity index (χ2v) is 6.53. The highest BCUT2D eigenvalue weighted by molar-refractivity contribution is 5.49. The molecule has 0 saturated carbocycles. The average Bonchev–Trinajstić information content (AvgIpc) is 2.69. The molecule has 0 radical (unpaired) electrons. The van der Waals surface area contributed by atoms with E-state index >= 15 is 0 Å². The maximum Gasteiger partial charge on any atom is 0.161 e. The van der Waals surface area contributed by atoms with Crippen molar-refractivity contribution in [2.45, 2.75) is 13.5 Å². The van der Waals surface area contributed by atoms with E-state index < -0.39 is 0 Å². The van der Waals surface area contributed by atoms with Gasteiger partial charge in [-0.3, -0.25) is 0 Å². The summed E-state index contributed by atoms with van der Waals surface area (Å²) in [6.07, 6.45) is 0. The van der Waals surface area contributed by atoms with E-state index in [4.69, 9.17) is 14.2 Å². The van der Waals surface area contributed by atoms with Crippen molar-refractivity contribution in [1.82, 2.24) is 0 Å². The molecule has 1 aliphatic heterocycles. The number of hydrogen-bond donors (Lipinski definition) is 1. The summed E-state index contributed by atoms with van der Waals surface area (Å²) < 4.78 is 16.3. The quantitative estimate of drug-likeness (QED) is 0.822. The predicted octanol–water partition coefficient (Wildman–Crippen LogP) is 2.01. The van der Waals surface area contributed by atoms with Gasteiger partial charge < -0.3 is 24.0 Å². The van der Waals surface area contributed by atoms with E-state index in [-0.39, 0.29) is 0 Å². The number of ether oxygens (including phenoxy) is 3. The summed E-state index contributed by atoms with van der Waals surface area (Å²) in [6.45, 7) is 8.04. The van der Waals surface area contributed by atoms with Crippen molar-refractivity contribution in [2.75, 3.05) is 51.9 Å². The Balaban J connectivity index is 1.57. The molecule has 0 unspecified atom stereocenters. The van der Waals surface area contributed by atoms with Crippen LogP contribution in [0.4, 0.5) is 5.69 Å². The Bertz CT molecular complexity index is 695. The fraction of sp³-hybridized carbons (Fsp3) is 0.429. The van der Waals surface area contributed by atoms with Gasteiger partial charge in [0.15, 0.2) is 11.5 Å². The molecule has 1 aliphatic rings. The number of nitrogens with zero attached hydrogens (tertiary/aromatic N) is 1. The number of methoxy groups -OCH3 is 2.